The molecule has 2 rings (SSSR count). The number of carbonyl (C=O) groups excluding carboxylic acids is 1. The number of anilines is 1. The fourth-order valence-corrected chi connectivity index (χ4v) is 1.66. The molecule has 19 heavy (non-hydrogen) atoms. The molecule has 98 valence electrons. The number of para-hydroxylation sites is 1. The molecule has 0 heterocycles. The van der Waals surface area contributed by atoms with Gasteiger partial charge in [0.2, 0.25) is 0 Å². The fourth-order valence-electron chi connectivity index (χ4n) is 1.66. The maximum atomic E-state index is 13.5. The van der Waals surface area contributed by atoms with Crippen LogP contribution in [0, 0.1) is 5.82 Å². The number of phenols is 1. The molecule has 5 heteroatoms. The molecule has 0 unspecified atom stereocenters. The van der Waals surface area contributed by atoms with Crippen LogP contribution < -0.4 is 5.32 Å². The molecule has 3 N–H and O–H groups in total. The third-order valence-electron chi connectivity index (χ3n) is 2.63. The SMILES string of the molecule is O=C(Nc1ccccc1CO)c1ccc(O)cc1F. The minimum Gasteiger partial charge on any atom is -0.508 e. The zero-order valence-electron chi connectivity index (χ0n) is 9.93. The van der Waals surface area contributed by atoms with Gasteiger partial charge in [-0.15, -0.1) is 0 Å². The quantitative estimate of drug-likeness (QED) is 0.793. The minimum absolute atomic E-state index is 0.175. The average Bonchev–Trinajstić information content (AvgIpc) is 2.39. The lowest BCUT2D eigenvalue weighted by Crippen LogP contribution is -2.14. The first-order valence-electron chi connectivity index (χ1n) is 5.60. The van der Waals surface area contributed by atoms with Crippen molar-refractivity contribution in [2.24, 2.45) is 0 Å². The Labute approximate surface area is 109 Å². The van der Waals surface area contributed by atoms with Crippen LogP contribution in [0.1, 0.15) is 15.9 Å². The van der Waals surface area contributed by atoms with Crippen molar-refractivity contribution in [3.63, 3.8) is 0 Å². The molecule has 2 aromatic carbocycles. The second-order valence-electron chi connectivity index (χ2n) is 3.93. The number of aromatic hydroxyl groups is 1. The molecule has 4 nitrogen and oxygen atoms in total. The molecular formula is C14H12FNO3. The Morgan fingerprint density at radius 3 is 2.63 bits per heavy atom. The van der Waals surface area contributed by atoms with Crippen molar-refractivity contribution in [1.29, 1.82) is 0 Å². The first-order chi connectivity index (χ1) is 9.11. The second kappa shape index (κ2) is 5.49. The molecule has 0 bridgehead atoms. The third kappa shape index (κ3) is 2.89. The predicted octanol–water partition coefficient (Wildman–Crippen LogP) is 2.28. The van der Waals surface area contributed by atoms with E-state index in [9.17, 15) is 9.18 Å². The summed E-state index contributed by atoms with van der Waals surface area (Å²) in [6.45, 7) is -0.228. The molecule has 0 spiro atoms. The Bertz CT molecular complexity index is 613. The van der Waals surface area contributed by atoms with Crippen LogP contribution in [0.2, 0.25) is 0 Å². The lowest BCUT2D eigenvalue weighted by Gasteiger charge is -2.09. The number of rotatable bonds is 3. The largest absolute Gasteiger partial charge is 0.508 e. The smallest absolute Gasteiger partial charge is 0.258 e. The van der Waals surface area contributed by atoms with Crippen LogP contribution >= 0.6 is 0 Å². The van der Waals surface area contributed by atoms with Gasteiger partial charge in [0.15, 0.2) is 0 Å². The maximum absolute atomic E-state index is 13.5. The highest BCUT2D eigenvalue weighted by Gasteiger charge is 2.13. The summed E-state index contributed by atoms with van der Waals surface area (Å²) in [5, 5.41) is 20.7. The predicted molar refractivity (Wildman–Crippen MR) is 68.4 cm³/mol. The summed E-state index contributed by atoms with van der Waals surface area (Å²) in [5.74, 6) is -1.69. The van der Waals surface area contributed by atoms with Gasteiger partial charge in [-0.05, 0) is 18.2 Å². The van der Waals surface area contributed by atoms with Gasteiger partial charge in [0, 0.05) is 17.3 Å². The molecular weight excluding hydrogens is 249 g/mol. The van der Waals surface area contributed by atoms with E-state index in [0.717, 1.165) is 6.07 Å². The Kier molecular flexibility index (Phi) is 3.77. The lowest BCUT2D eigenvalue weighted by molar-refractivity contribution is 0.102. The normalized spacial score (nSPS) is 10.2. The van der Waals surface area contributed by atoms with Gasteiger partial charge in [-0.25, -0.2) is 4.39 Å². The molecule has 0 atom stereocenters. The number of hydrogen-bond donors (Lipinski definition) is 3. The number of nitrogens with one attached hydrogen (secondary N) is 1. The molecule has 0 saturated carbocycles. The van der Waals surface area contributed by atoms with Gasteiger partial charge >= 0.3 is 0 Å². The highest BCUT2D eigenvalue weighted by atomic mass is 19.1. The average molecular weight is 261 g/mol. The highest BCUT2D eigenvalue weighted by molar-refractivity contribution is 6.04. The van der Waals surface area contributed by atoms with Crippen LogP contribution in [0.4, 0.5) is 10.1 Å². The number of benzene rings is 2. The van der Waals surface area contributed by atoms with Crippen molar-refractivity contribution in [1.82, 2.24) is 0 Å². The zero-order chi connectivity index (χ0) is 13.8. The van der Waals surface area contributed by atoms with E-state index < -0.39 is 11.7 Å². The van der Waals surface area contributed by atoms with E-state index in [4.69, 9.17) is 10.2 Å². The summed E-state index contributed by atoms with van der Waals surface area (Å²) in [7, 11) is 0. The molecule has 0 radical (unpaired) electrons. The number of aliphatic hydroxyl groups is 1. The monoisotopic (exact) mass is 261 g/mol. The number of phenolic OH excluding ortho intramolecular Hbond substituents is 1. The first-order valence-corrected chi connectivity index (χ1v) is 5.60. The van der Waals surface area contributed by atoms with E-state index >= 15 is 0 Å². The van der Waals surface area contributed by atoms with Crippen molar-refractivity contribution in [3.8, 4) is 5.75 Å². The van der Waals surface area contributed by atoms with Gasteiger partial charge in [-0.1, -0.05) is 18.2 Å². The minimum atomic E-state index is -0.807. The Hall–Kier alpha value is -2.40. The topological polar surface area (TPSA) is 69.6 Å². The van der Waals surface area contributed by atoms with Gasteiger partial charge in [0.1, 0.15) is 11.6 Å². The standard InChI is InChI=1S/C14H12FNO3/c15-12-7-10(18)5-6-11(12)14(19)16-13-4-2-1-3-9(13)8-17/h1-7,17-18H,8H2,(H,16,19). The van der Waals surface area contributed by atoms with Crippen LogP contribution in [-0.2, 0) is 6.61 Å². The fraction of sp³-hybridized carbons (Fsp3) is 0.0714. The lowest BCUT2D eigenvalue weighted by atomic mass is 10.1. The van der Waals surface area contributed by atoms with Gasteiger partial charge in [0.25, 0.3) is 5.91 Å². The van der Waals surface area contributed by atoms with Crippen molar-refractivity contribution < 1.29 is 19.4 Å². The maximum Gasteiger partial charge on any atom is 0.258 e. The van der Waals surface area contributed by atoms with Crippen molar-refractivity contribution >= 4 is 11.6 Å². The van der Waals surface area contributed by atoms with Crippen LogP contribution in [0.25, 0.3) is 0 Å². The molecule has 1 amide bonds. The Morgan fingerprint density at radius 1 is 1.21 bits per heavy atom. The van der Waals surface area contributed by atoms with Crippen molar-refractivity contribution in [2.75, 3.05) is 5.32 Å². The Balaban J connectivity index is 2.26. The third-order valence-corrected chi connectivity index (χ3v) is 2.63. The van der Waals surface area contributed by atoms with E-state index in [1.807, 2.05) is 0 Å². The molecule has 2 aromatic rings. The van der Waals surface area contributed by atoms with Crippen molar-refractivity contribution in [2.45, 2.75) is 6.61 Å². The highest BCUT2D eigenvalue weighted by Crippen LogP contribution is 2.19. The van der Waals surface area contributed by atoms with Gasteiger partial charge in [0.05, 0.1) is 12.2 Å². The van der Waals surface area contributed by atoms with Gasteiger partial charge < -0.3 is 15.5 Å². The molecule has 0 aliphatic heterocycles. The molecule has 0 fully saturated rings. The van der Waals surface area contributed by atoms with E-state index in [1.165, 1.54) is 12.1 Å². The summed E-state index contributed by atoms with van der Waals surface area (Å²) >= 11 is 0. The van der Waals surface area contributed by atoms with Crippen molar-refractivity contribution in [3.05, 3.63) is 59.4 Å². The summed E-state index contributed by atoms with van der Waals surface area (Å²) in [6.07, 6.45) is 0. The summed E-state index contributed by atoms with van der Waals surface area (Å²) < 4.78 is 13.5. The zero-order valence-corrected chi connectivity index (χ0v) is 9.93. The molecule has 0 aliphatic rings. The summed E-state index contributed by atoms with van der Waals surface area (Å²) in [6, 6.07) is 9.99. The van der Waals surface area contributed by atoms with Gasteiger partial charge in [-0.3, -0.25) is 4.79 Å². The number of aliphatic hydroxyl groups excluding tert-OH is 1. The van der Waals surface area contributed by atoms with E-state index in [0.29, 0.717) is 11.3 Å². The van der Waals surface area contributed by atoms with Crippen LogP contribution in [0.15, 0.2) is 42.5 Å². The summed E-state index contributed by atoms with van der Waals surface area (Å²) in [4.78, 5) is 11.9. The number of carbonyl (C=O) groups is 1. The molecule has 0 aliphatic carbocycles. The number of halogens is 1. The Morgan fingerprint density at radius 2 is 1.95 bits per heavy atom. The van der Waals surface area contributed by atoms with E-state index in [1.54, 1.807) is 24.3 Å². The summed E-state index contributed by atoms with van der Waals surface area (Å²) in [5.41, 5.74) is 0.781. The van der Waals surface area contributed by atoms with Crippen LogP contribution in [0.5, 0.6) is 5.75 Å². The molecule has 0 saturated heterocycles. The van der Waals surface area contributed by atoms with Crippen LogP contribution in [-0.4, -0.2) is 16.1 Å². The first kappa shape index (κ1) is 13.0. The number of hydrogen-bond acceptors (Lipinski definition) is 3. The van der Waals surface area contributed by atoms with Gasteiger partial charge in [-0.2, -0.15) is 0 Å². The van der Waals surface area contributed by atoms with Crippen LogP contribution in [0.3, 0.4) is 0 Å². The van der Waals surface area contributed by atoms with E-state index in [2.05, 4.69) is 5.32 Å². The second-order valence-corrected chi connectivity index (χ2v) is 3.93. The van der Waals surface area contributed by atoms with E-state index in [-0.39, 0.29) is 17.9 Å². The number of amides is 1. The molecule has 0 aromatic heterocycles.